The van der Waals surface area contributed by atoms with Crippen molar-refractivity contribution < 1.29 is 18.7 Å². The zero-order valence-electron chi connectivity index (χ0n) is 14.3. The van der Waals surface area contributed by atoms with Crippen molar-refractivity contribution in [2.75, 3.05) is 18.2 Å². The minimum atomic E-state index is -0.427. The minimum absolute atomic E-state index is 0.177. The quantitative estimate of drug-likeness (QED) is 0.487. The van der Waals surface area contributed by atoms with E-state index in [-0.39, 0.29) is 17.5 Å². The number of carbonyl (C=O) groups excluding carboxylic acids is 2. The molecule has 0 unspecified atom stereocenters. The molecule has 0 saturated heterocycles. The summed E-state index contributed by atoms with van der Waals surface area (Å²) in [5.74, 6) is -0.692. The number of aromatic nitrogens is 1. The van der Waals surface area contributed by atoms with Crippen molar-refractivity contribution in [3.63, 3.8) is 0 Å². The van der Waals surface area contributed by atoms with E-state index >= 15 is 0 Å². The number of nitrogens with one attached hydrogen (secondary N) is 1. The van der Waals surface area contributed by atoms with Gasteiger partial charge in [-0.2, -0.15) is 0 Å². The normalized spacial score (nSPS) is 10.4. The molecule has 1 amide bonds. The van der Waals surface area contributed by atoms with Gasteiger partial charge in [-0.1, -0.05) is 11.8 Å². The Kier molecular flexibility index (Phi) is 6.20. The number of benzene rings is 2. The summed E-state index contributed by atoms with van der Waals surface area (Å²) in [5.41, 5.74) is 2.59. The Labute approximate surface area is 163 Å². The fourth-order valence-electron chi connectivity index (χ4n) is 2.21. The van der Waals surface area contributed by atoms with Crippen molar-refractivity contribution in [2.24, 2.45) is 0 Å². The molecule has 0 saturated carbocycles. The number of amides is 1. The lowest BCUT2D eigenvalue weighted by Crippen LogP contribution is -2.14. The number of thioether (sulfide) groups is 1. The van der Waals surface area contributed by atoms with Crippen LogP contribution in [0.5, 0.6) is 0 Å². The van der Waals surface area contributed by atoms with Gasteiger partial charge in [-0.3, -0.25) is 4.79 Å². The highest BCUT2D eigenvalue weighted by Gasteiger charge is 2.10. The van der Waals surface area contributed by atoms with Crippen LogP contribution in [0.15, 0.2) is 58.3 Å². The Morgan fingerprint density at radius 1 is 1.15 bits per heavy atom. The summed E-state index contributed by atoms with van der Waals surface area (Å²) < 4.78 is 18.4. The van der Waals surface area contributed by atoms with Gasteiger partial charge in [0.05, 0.1) is 24.1 Å². The third-order valence-corrected chi connectivity index (χ3v) is 5.56. The van der Waals surface area contributed by atoms with Gasteiger partial charge in [0.1, 0.15) is 5.82 Å². The molecule has 0 aliphatic heterocycles. The van der Waals surface area contributed by atoms with Crippen molar-refractivity contribution in [2.45, 2.75) is 4.34 Å². The molecule has 0 atom stereocenters. The number of ether oxygens (including phenoxy) is 1. The molecule has 0 radical (unpaired) electrons. The highest BCUT2D eigenvalue weighted by molar-refractivity contribution is 8.01. The van der Waals surface area contributed by atoms with E-state index in [0.29, 0.717) is 11.3 Å². The van der Waals surface area contributed by atoms with Crippen LogP contribution in [0.25, 0.3) is 11.3 Å². The number of rotatable bonds is 6. The summed E-state index contributed by atoms with van der Waals surface area (Å²) >= 11 is 2.76. The SMILES string of the molecule is COC(=O)c1ccc(NC(=O)CSc2nc(-c3ccc(F)cc3)cs2)cc1. The number of halogens is 1. The monoisotopic (exact) mass is 402 g/mol. The first kappa shape index (κ1) is 19.1. The fraction of sp³-hybridized carbons (Fsp3) is 0.105. The average molecular weight is 402 g/mol. The number of nitrogens with zero attached hydrogens (tertiary/aromatic N) is 1. The van der Waals surface area contributed by atoms with E-state index in [2.05, 4.69) is 15.0 Å². The van der Waals surface area contributed by atoms with E-state index in [0.717, 1.165) is 15.6 Å². The molecular formula is C19H15FN2O3S2. The lowest BCUT2D eigenvalue weighted by Gasteiger charge is -2.05. The Morgan fingerprint density at radius 2 is 1.85 bits per heavy atom. The second-order valence-electron chi connectivity index (χ2n) is 5.41. The highest BCUT2D eigenvalue weighted by atomic mass is 32.2. The number of hydrogen-bond donors (Lipinski definition) is 1. The van der Waals surface area contributed by atoms with Gasteiger partial charge in [0, 0.05) is 16.6 Å². The molecule has 0 spiro atoms. The molecule has 8 heteroatoms. The van der Waals surface area contributed by atoms with Crippen LogP contribution in [0.4, 0.5) is 10.1 Å². The van der Waals surface area contributed by atoms with Gasteiger partial charge in [0.15, 0.2) is 4.34 Å². The van der Waals surface area contributed by atoms with Crippen LogP contribution in [-0.2, 0) is 9.53 Å². The topological polar surface area (TPSA) is 68.3 Å². The molecule has 3 rings (SSSR count). The van der Waals surface area contributed by atoms with E-state index in [9.17, 15) is 14.0 Å². The lowest BCUT2D eigenvalue weighted by molar-refractivity contribution is -0.113. The summed E-state index contributed by atoms with van der Waals surface area (Å²) in [6.07, 6.45) is 0. The molecule has 1 N–H and O–H groups in total. The van der Waals surface area contributed by atoms with Crippen LogP contribution in [0, 0.1) is 5.82 Å². The molecule has 0 aliphatic rings. The molecule has 27 heavy (non-hydrogen) atoms. The number of esters is 1. The molecule has 3 aromatic rings. The van der Waals surface area contributed by atoms with E-state index in [1.165, 1.54) is 42.3 Å². The molecule has 138 valence electrons. The highest BCUT2D eigenvalue weighted by Crippen LogP contribution is 2.28. The summed E-state index contributed by atoms with van der Waals surface area (Å²) in [4.78, 5) is 27.9. The van der Waals surface area contributed by atoms with Gasteiger partial charge in [0.2, 0.25) is 5.91 Å². The maximum Gasteiger partial charge on any atom is 0.337 e. The Hall–Kier alpha value is -2.71. The summed E-state index contributed by atoms with van der Waals surface area (Å²) in [7, 11) is 1.31. The third kappa shape index (κ3) is 5.15. The maximum atomic E-state index is 13.0. The molecule has 2 aromatic carbocycles. The first-order valence-corrected chi connectivity index (χ1v) is 9.74. The van der Waals surface area contributed by atoms with Gasteiger partial charge < -0.3 is 10.1 Å². The number of anilines is 1. The molecule has 1 aromatic heterocycles. The molecule has 0 aliphatic carbocycles. The smallest absolute Gasteiger partial charge is 0.337 e. The van der Waals surface area contributed by atoms with Gasteiger partial charge in [0.25, 0.3) is 0 Å². The van der Waals surface area contributed by atoms with Crippen LogP contribution in [0.1, 0.15) is 10.4 Å². The van der Waals surface area contributed by atoms with Crippen LogP contribution < -0.4 is 5.32 Å². The van der Waals surface area contributed by atoms with Crippen molar-refractivity contribution in [1.82, 2.24) is 4.98 Å². The largest absolute Gasteiger partial charge is 0.465 e. The second-order valence-corrected chi connectivity index (χ2v) is 7.49. The van der Waals surface area contributed by atoms with Crippen LogP contribution in [0.2, 0.25) is 0 Å². The number of methoxy groups -OCH3 is 1. The van der Waals surface area contributed by atoms with E-state index in [1.807, 2.05) is 5.38 Å². The Bertz CT molecular complexity index is 940. The fourth-order valence-corrected chi connectivity index (χ4v) is 3.84. The summed E-state index contributed by atoms with van der Waals surface area (Å²) in [5, 5.41) is 4.64. The molecule has 1 heterocycles. The van der Waals surface area contributed by atoms with Crippen molar-refractivity contribution in [3.8, 4) is 11.3 Å². The molecular weight excluding hydrogens is 387 g/mol. The van der Waals surface area contributed by atoms with E-state index < -0.39 is 5.97 Å². The van der Waals surface area contributed by atoms with Crippen molar-refractivity contribution >= 4 is 40.7 Å². The third-order valence-electron chi connectivity index (χ3n) is 3.54. The average Bonchev–Trinajstić information content (AvgIpc) is 3.16. The van der Waals surface area contributed by atoms with Crippen molar-refractivity contribution in [3.05, 3.63) is 65.3 Å². The summed E-state index contributed by atoms with van der Waals surface area (Å²) in [6.45, 7) is 0. The summed E-state index contributed by atoms with van der Waals surface area (Å²) in [6, 6.07) is 12.6. The number of carbonyl (C=O) groups is 2. The predicted octanol–water partition coefficient (Wildman–Crippen LogP) is 4.47. The zero-order valence-corrected chi connectivity index (χ0v) is 15.9. The molecule has 0 bridgehead atoms. The predicted molar refractivity (Wildman–Crippen MR) is 105 cm³/mol. The minimum Gasteiger partial charge on any atom is -0.465 e. The first-order chi connectivity index (χ1) is 13.0. The number of thiazole rings is 1. The standard InChI is InChI=1S/C19H15FN2O3S2/c1-25-18(24)13-4-8-15(9-5-13)21-17(23)11-27-19-22-16(10-26-19)12-2-6-14(20)7-3-12/h2-10H,11H2,1H3,(H,21,23). The second kappa shape index (κ2) is 8.79. The van der Waals surface area contributed by atoms with Crippen LogP contribution >= 0.6 is 23.1 Å². The van der Waals surface area contributed by atoms with E-state index in [4.69, 9.17) is 0 Å². The van der Waals surface area contributed by atoms with Gasteiger partial charge >= 0.3 is 5.97 Å². The van der Waals surface area contributed by atoms with E-state index in [1.54, 1.807) is 36.4 Å². The molecule has 5 nitrogen and oxygen atoms in total. The van der Waals surface area contributed by atoms with Gasteiger partial charge in [-0.15, -0.1) is 11.3 Å². The van der Waals surface area contributed by atoms with Gasteiger partial charge in [-0.25, -0.2) is 14.2 Å². The van der Waals surface area contributed by atoms with Crippen molar-refractivity contribution in [1.29, 1.82) is 0 Å². The maximum absolute atomic E-state index is 13.0. The lowest BCUT2D eigenvalue weighted by atomic mass is 10.2. The Morgan fingerprint density at radius 3 is 2.52 bits per heavy atom. The van der Waals surface area contributed by atoms with Crippen LogP contribution in [0.3, 0.4) is 0 Å². The number of hydrogen-bond acceptors (Lipinski definition) is 6. The first-order valence-electron chi connectivity index (χ1n) is 7.87. The molecule has 0 fully saturated rings. The zero-order chi connectivity index (χ0) is 19.2. The Balaban J connectivity index is 1.53. The van der Waals surface area contributed by atoms with Gasteiger partial charge in [-0.05, 0) is 48.5 Å². The van der Waals surface area contributed by atoms with Crippen LogP contribution in [-0.4, -0.2) is 29.7 Å².